The molecule has 0 saturated carbocycles. The van der Waals surface area contributed by atoms with Crippen molar-refractivity contribution in [3.63, 3.8) is 0 Å². The van der Waals surface area contributed by atoms with E-state index in [-0.39, 0.29) is 11.8 Å². The lowest BCUT2D eigenvalue weighted by atomic mass is 10.3. The second-order valence-corrected chi connectivity index (χ2v) is 3.92. The van der Waals surface area contributed by atoms with Crippen molar-refractivity contribution in [3.05, 3.63) is 39.6 Å². The number of aryl methyl sites for hydroxylation is 1. The Kier molecular flexibility index (Phi) is 3.23. The Hall–Kier alpha value is -2.77. The third-order valence-electron chi connectivity index (χ3n) is 2.48. The minimum Gasteiger partial charge on any atom is -0.368 e. The van der Waals surface area contributed by atoms with Gasteiger partial charge in [-0.2, -0.15) is 0 Å². The van der Waals surface area contributed by atoms with Gasteiger partial charge in [0.2, 0.25) is 11.8 Å². The minimum absolute atomic E-state index is 0.0713. The van der Waals surface area contributed by atoms with Crippen molar-refractivity contribution in [1.29, 1.82) is 0 Å². The van der Waals surface area contributed by atoms with Crippen LogP contribution in [0.15, 0.2) is 12.3 Å². The van der Waals surface area contributed by atoms with Crippen molar-refractivity contribution in [2.45, 2.75) is 6.92 Å². The summed E-state index contributed by atoms with van der Waals surface area (Å²) in [5.74, 6) is 0.574. The van der Waals surface area contributed by atoms with E-state index in [1.807, 2.05) is 0 Å². The van der Waals surface area contributed by atoms with Gasteiger partial charge in [-0.1, -0.05) is 0 Å². The SMILES string of the molecule is Cc1cc(/C=C/c2ncc([N+](=O)[O-])n2C)nc(N)n1. The van der Waals surface area contributed by atoms with Gasteiger partial charge in [0.15, 0.2) is 0 Å². The molecule has 0 atom stereocenters. The highest BCUT2D eigenvalue weighted by Crippen LogP contribution is 2.14. The van der Waals surface area contributed by atoms with E-state index in [1.165, 1.54) is 10.8 Å². The van der Waals surface area contributed by atoms with Crippen molar-refractivity contribution in [1.82, 2.24) is 19.5 Å². The number of anilines is 1. The zero-order valence-corrected chi connectivity index (χ0v) is 10.4. The molecule has 2 aromatic rings. The van der Waals surface area contributed by atoms with E-state index in [2.05, 4.69) is 15.0 Å². The maximum Gasteiger partial charge on any atom is 0.342 e. The number of nitro groups is 1. The predicted octanol–water partition coefficient (Wildman–Crippen LogP) is 1.18. The second kappa shape index (κ2) is 4.84. The Morgan fingerprint density at radius 3 is 2.74 bits per heavy atom. The standard InChI is InChI=1S/C11H12N6O2/c1-7-5-8(15-11(12)14-7)3-4-9-13-6-10(16(9)2)17(18)19/h3-6H,1-2H3,(H2,12,14,15)/b4-3+. The smallest absolute Gasteiger partial charge is 0.342 e. The summed E-state index contributed by atoms with van der Waals surface area (Å²) in [7, 11) is 1.57. The number of aromatic nitrogens is 4. The Labute approximate surface area is 108 Å². The molecule has 8 nitrogen and oxygen atoms in total. The van der Waals surface area contributed by atoms with Crippen LogP contribution < -0.4 is 5.73 Å². The van der Waals surface area contributed by atoms with Gasteiger partial charge in [-0.05, 0) is 24.0 Å². The number of hydrogen-bond donors (Lipinski definition) is 1. The molecule has 0 aromatic carbocycles. The molecule has 0 saturated heterocycles. The molecule has 0 spiro atoms. The quantitative estimate of drug-likeness (QED) is 0.654. The van der Waals surface area contributed by atoms with Crippen LogP contribution in [0, 0.1) is 17.0 Å². The van der Waals surface area contributed by atoms with Crippen molar-refractivity contribution < 1.29 is 4.92 Å². The van der Waals surface area contributed by atoms with Crippen LogP contribution in [0.2, 0.25) is 0 Å². The topological polar surface area (TPSA) is 113 Å². The van der Waals surface area contributed by atoms with Gasteiger partial charge in [0.25, 0.3) is 0 Å². The Bertz CT molecular complexity index is 641. The zero-order valence-electron chi connectivity index (χ0n) is 10.4. The van der Waals surface area contributed by atoms with Crippen molar-refractivity contribution in [3.8, 4) is 0 Å². The molecule has 0 fully saturated rings. The summed E-state index contributed by atoms with van der Waals surface area (Å²) in [6.45, 7) is 1.81. The first-order valence-corrected chi connectivity index (χ1v) is 5.42. The fraction of sp³-hybridized carbons (Fsp3) is 0.182. The van der Waals surface area contributed by atoms with Crippen molar-refractivity contribution >= 4 is 23.9 Å². The lowest BCUT2D eigenvalue weighted by molar-refractivity contribution is -0.391. The third kappa shape index (κ3) is 2.73. The van der Waals surface area contributed by atoms with E-state index in [0.717, 1.165) is 5.69 Å². The van der Waals surface area contributed by atoms with Crippen LogP contribution in [0.5, 0.6) is 0 Å². The van der Waals surface area contributed by atoms with E-state index < -0.39 is 4.92 Å². The summed E-state index contributed by atoms with van der Waals surface area (Å²) >= 11 is 0. The first-order valence-electron chi connectivity index (χ1n) is 5.42. The molecule has 8 heteroatoms. The van der Waals surface area contributed by atoms with Crippen LogP contribution in [-0.4, -0.2) is 24.4 Å². The van der Waals surface area contributed by atoms with Gasteiger partial charge in [0.1, 0.15) is 6.20 Å². The Morgan fingerprint density at radius 1 is 1.42 bits per heavy atom. The number of nitrogens with two attached hydrogens (primary N) is 1. The van der Waals surface area contributed by atoms with Gasteiger partial charge >= 0.3 is 5.82 Å². The lowest BCUT2D eigenvalue weighted by Crippen LogP contribution is -1.99. The Balaban J connectivity index is 2.30. The lowest BCUT2D eigenvalue weighted by Gasteiger charge is -1.97. The van der Waals surface area contributed by atoms with Crippen molar-refractivity contribution in [2.75, 3.05) is 5.73 Å². The van der Waals surface area contributed by atoms with Gasteiger partial charge in [-0.3, -0.25) is 0 Å². The molecule has 2 N–H and O–H groups in total. The van der Waals surface area contributed by atoms with E-state index in [9.17, 15) is 10.1 Å². The van der Waals surface area contributed by atoms with Crippen molar-refractivity contribution in [2.24, 2.45) is 7.05 Å². The average Bonchev–Trinajstić information content (AvgIpc) is 2.67. The number of nitrogen functional groups attached to an aromatic ring is 1. The molecular weight excluding hydrogens is 248 g/mol. The molecule has 2 aromatic heterocycles. The molecule has 0 bridgehead atoms. The number of hydrogen-bond acceptors (Lipinski definition) is 6. The molecule has 0 radical (unpaired) electrons. The average molecular weight is 260 g/mol. The number of nitrogens with zero attached hydrogens (tertiary/aromatic N) is 5. The van der Waals surface area contributed by atoms with E-state index in [4.69, 9.17) is 5.73 Å². The first-order chi connectivity index (χ1) is 8.97. The highest BCUT2D eigenvalue weighted by atomic mass is 16.6. The van der Waals surface area contributed by atoms with Crippen LogP contribution in [0.3, 0.4) is 0 Å². The Morgan fingerprint density at radius 2 is 2.16 bits per heavy atom. The summed E-state index contributed by atoms with van der Waals surface area (Å²) in [5, 5.41) is 10.7. The summed E-state index contributed by atoms with van der Waals surface area (Å²) in [5.41, 5.74) is 6.90. The molecule has 0 amide bonds. The maximum atomic E-state index is 10.7. The van der Waals surface area contributed by atoms with Crippen LogP contribution in [0.25, 0.3) is 12.2 Å². The molecule has 2 heterocycles. The number of imidazole rings is 1. The monoisotopic (exact) mass is 260 g/mol. The summed E-state index contributed by atoms with van der Waals surface area (Å²) in [4.78, 5) is 22.1. The normalized spacial score (nSPS) is 11.1. The fourth-order valence-corrected chi connectivity index (χ4v) is 1.60. The van der Waals surface area contributed by atoms with Crippen LogP contribution >= 0.6 is 0 Å². The molecule has 0 unspecified atom stereocenters. The summed E-state index contributed by atoms with van der Waals surface area (Å²) < 4.78 is 1.38. The first kappa shape index (κ1) is 12.7. The van der Waals surface area contributed by atoms with Gasteiger partial charge in [0, 0.05) is 11.8 Å². The van der Waals surface area contributed by atoms with Gasteiger partial charge < -0.3 is 15.8 Å². The molecular formula is C11H12N6O2. The van der Waals surface area contributed by atoms with Crippen LogP contribution in [-0.2, 0) is 7.05 Å². The maximum absolute atomic E-state index is 10.7. The summed E-state index contributed by atoms with van der Waals surface area (Å²) in [6.07, 6.45) is 4.52. The fourth-order valence-electron chi connectivity index (χ4n) is 1.60. The largest absolute Gasteiger partial charge is 0.368 e. The van der Waals surface area contributed by atoms with Crippen LogP contribution in [0.4, 0.5) is 11.8 Å². The van der Waals surface area contributed by atoms with Crippen LogP contribution in [0.1, 0.15) is 17.2 Å². The molecule has 0 aliphatic heterocycles. The number of rotatable bonds is 3. The molecule has 98 valence electrons. The zero-order chi connectivity index (χ0) is 14.0. The highest BCUT2D eigenvalue weighted by Gasteiger charge is 2.13. The molecule has 19 heavy (non-hydrogen) atoms. The third-order valence-corrected chi connectivity index (χ3v) is 2.48. The van der Waals surface area contributed by atoms with E-state index in [1.54, 1.807) is 32.2 Å². The molecule has 0 aliphatic carbocycles. The van der Waals surface area contributed by atoms with Gasteiger partial charge in [0.05, 0.1) is 12.7 Å². The van der Waals surface area contributed by atoms with E-state index in [0.29, 0.717) is 11.5 Å². The summed E-state index contributed by atoms with van der Waals surface area (Å²) in [6, 6.07) is 1.75. The highest BCUT2D eigenvalue weighted by molar-refractivity contribution is 5.65. The molecule has 2 rings (SSSR count). The van der Waals surface area contributed by atoms with Gasteiger partial charge in [-0.25, -0.2) is 19.5 Å². The second-order valence-electron chi connectivity index (χ2n) is 3.92. The predicted molar refractivity (Wildman–Crippen MR) is 70.0 cm³/mol. The minimum atomic E-state index is -0.489. The van der Waals surface area contributed by atoms with Gasteiger partial charge in [-0.15, -0.1) is 0 Å². The van der Waals surface area contributed by atoms with E-state index >= 15 is 0 Å². The molecule has 0 aliphatic rings.